The van der Waals surface area contributed by atoms with Crippen molar-refractivity contribution < 1.29 is 9.72 Å². The molecule has 2 rings (SSSR count). The van der Waals surface area contributed by atoms with Gasteiger partial charge in [-0.1, -0.05) is 0 Å². The van der Waals surface area contributed by atoms with Gasteiger partial charge >= 0.3 is 0 Å². The molecule has 0 saturated heterocycles. The van der Waals surface area contributed by atoms with E-state index >= 15 is 0 Å². The van der Waals surface area contributed by atoms with Crippen molar-refractivity contribution in [1.82, 2.24) is 15.1 Å². The molecule has 0 aliphatic rings. The number of benzene rings is 1. The van der Waals surface area contributed by atoms with Gasteiger partial charge in [0.2, 0.25) is 0 Å². The molecule has 0 radical (unpaired) electrons. The number of carbonyl (C=O) groups excluding carboxylic acids is 1. The van der Waals surface area contributed by atoms with Gasteiger partial charge in [-0.15, -0.1) is 0 Å². The van der Waals surface area contributed by atoms with E-state index in [1.165, 1.54) is 12.1 Å². The molecular weight excluding hydrogens is 340 g/mol. The number of amides is 1. The first-order valence-corrected chi connectivity index (χ1v) is 7.07. The second-order valence-corrected chi connectivity index (χ2v) is 5.16. The highest BCUT2D eigenvalue weighted by atomic mass is 79.9. The van der Waals surface area contributed by atoms with Gasteiger partial charge in [-0.25, -0.2) is 0 Å². The van der Waals surface area contributed by atoms with Crippen LogP contribution in [0.1, 0.15) is 16.8 Å². The van der Waals surface area contributed by atoms with Crippen molar-refractivity contribution in [3.8, 4) is 0 Å². The fourth-order valence-corrected chi connectivity index (χ4v) is 2.16. The summed E-state index contributed by atoms with van der Waals surface area (Å²) in [6.45, 7) is 1.18. The molecule has 0 unspecified atom stereocenters. The average Bonchev–Trinajstić information content (AvgIpc) is 2.96. The van der Waals surface area contributed by atoms with Crippen molar-refractivity contribution in [2.45, 2.75) is 13.0 Å². The highest BCUT2D eigenvalue weighted by Gasteiger charge is 2.15. The summed E-state index contributed by atoms with van der Waals surface area (Å²) in [5, 5.41) is 17.6. The maximum Gasteiger partial charge on any atom is 0.284 e. The highest BCUT2D eigenvalue weighted by Crippen LogP contribution is 2.25. The molecule has 1 N–H and O–H groups in total. The number of hydrogen-bond acceptors (Lipinski definition) is 4. The zero-order valence-corrected chi connectivity index (χ0v) is 12.6. The molecule has 21 heavy (non-hydrogen) atoms. The van der Waals surface area contributed by atoms with E-state index < -0.39 is 4.92 Å². The van der Waals surface area contributed by atoms with Crippen LogP contribution in [0.4, 0.5) is 5.69 Å². The Morgan fingerprint density at radius 3 is 2.95 bits per heavy atom. The largest absolute Gasteiger partial charge is 0.352 e. The number of aryl methyl sites for hydroxylation is 1. The fraction of sp³-hybridized carbons (Fsp3) is 0.231. The fourth-order valence-electron chi connectivity index (χ4n) is 1.77. The number of aromatic nitrogens is 2. The topological polar surface area (TPSA) is 90.1 Å². The van der Waals surface area contributed by atoms with Gasteiger partial charge < -0.3 is 5.32 Å². The summed E-state index contributed by atoms with van der Waals surface area (Å²) >= 11 is 3.08. The van der Waals surface area contributed by atoms with Crippen molar-refractivity contribution in [3.63, 3.8) is 0 Å². The van der Waals surface area contributed by atoms with E-state index in [1.807, 2.05) is 12.3 Å². The van der Waals surface area contributed by atoms with Crippen LogP contribution in [0.2, 0.25) is 0 Å². The number of nitrogens with zero attached hydrogens (tertiary/aromatic N) is 3. The molecule has 0 aliphatic carbocycles. The lowest BCUT2D eigenvalue weighted by molar-refractivity contribution is -0.385. The van der Waals surface area contributed by atoms with Crippen LogP contribution in [0, 0.1) is 10.1 Å². The van der Waals surface area contributed by atoms with Crippen LogP contribution < -0.4 is 5.32 Å². The summed E-state index contributed by atoms with van der Waals surface area (Å²) in [5.41, 5.74) is 0.142. The number of hydrogen-bond donors (Lipinski definition) is 1. The summed E-state index contributed by atoms with van der Waals surface area (Å²) in [5.74, 6) is -0.328. The Labute approximate surface area is 129 Å². The van der Waals surface area contributed by atoms with E-state index in [-0.39, 0.29) is 17.2 Å². The second-order valence-electron chi connectivity index (χ2n) is 4.30. The van der Waals surface area contributed by atoms with E-state index in [0.29, 0.717) is 17.6 Å². The number of halogens is 1. The van der Waals surface area contributed by atoms with Gasteiger partial charge in [0.15, 0.2) is 0 Å². The van der Waals surface area contributed by atoms with Crippen molar-refractivity contribution in [2.75, 3.05) is 6.54 Å². The summed E-state index contributed by atoms with van der Waals surface area (Å²) in [4.78, 5) is 22.2. The Morgan fingerprint density at radius 2 is 2.29 bits per heavy atom. The lowest BCUT2D eigenvalue weighted by Crippen LogP contribution is -2.25. The van der Waals surface area contributed by atoms with Crippen LogP contribution in [0.5, 0.6) is 0 Å². The third-order valence-corrected chi connectivity index (χ3v) is 3.48. The van der Waals surface area contributed by atoms with Crippen molar-refractivity contribution >= 4 is 27.5 Å². The van der Waals surface area contributed by atoms with Crippen LogP contribution in [0.25, 0.3) is 0 Å². The summed E-state index contributed by atoms with van der Waals surface area (Å²) in [7, 11) is 0. The molecule has 0 spiro atoms. The maximum atomic E-state index is 11.9. The van der Waals surface area contributed by atoms with Crippen molar-refractivity contribution in [2.24, 2.45) is 0 Å². The van der Waals surface area contributed by atoms with Crippen LogP contribution in [0.3, 0.4) is 0 Å². The molecule has 8 heteroatoms. The number of nitro groups is 1. The number of carbonyl (C=O) groups is 1. The Morgan fingerprint density at radius 1 is 1.48 bits per heavy atom. The van der Waals surface area contributed by atoms with Gasteiger partial charge in [-0.05, 0) is 40.5 Å². The van der Waals surface area contributed by atoms with Crippen LogP contribution in [-0.2, 0) is 6.54 Å². The molecule has 1 aromatic carbocycles. The van der Waals surface area contributed by atoms with Gasteiger partial charge in [-0.3, -0.25) is 19.6 Å². The summed E-state index contributed by atoms with van der Waals surface area (Å²) < 4.78 is 2.12. The molecule has 1 aromatic heterocycles. The predicted molar refractivity (Wildman–Crippen MR) is 80.0 cm³/mol. The van der Waals surface area contributed by atoms with E-state index in [2.05, 4.69) is 26.3 Å². The lowest BCUT2D eigenvalue weighted by Gasteiger charge is -2.06. The molecule has 0 saturated carbocycles. The minimum atomic E-state index is -0.529. The number of nitrogens with one attached hydrogen (secondary N) is 1. The molecular formula is C13H13BrN4O3. The van der Waals surface area contributed by atoms with Gasteiger partial charge in [0.25, 0.3) is 11.6 Å². The molecule has 0 atom stereocenters. The third-order valence-electron chi connectivity index (χ3n) is 2.81. The summed E-state index contributed by atoms with van der Waals surface area (Å²) in [6, 6.07) is 6.13. The highest BCUT2D eigenvalue weighted by molar-refractivity contribution is 9.10. The Bertz CT molecular complexity index is 643. The van der Waals surface area contributed by atoms with Gasteiger partial charge in [-0.2, -0.15) is 5.10 Å². The zero-order chi connectivity index (χ0) is 15.2. The molecule has 2 aromatic rings. The van der Waals surface area contributed by atoms with E-state index in [4.69, 9.17) is 0 Å². The molecule has 0 aliphatic heterocycles. The van der Waals surface area contributed by atoms with Crippen LogP contribution in [-0.4, -0.2) is 27.2 Å². The maximum absolute atomic E-state index is 11.9. The van der Waals surface area contributed by atoms with E-state index in [1.54, 1.807) is 16.9 Å². The smallest absolute Gasteiger partial charge is 0.284 e. The standard InChI is InChI=1S/C13H13BrN4O3/c14-11-4-3-10(9-12(11)18(20)21)13(19)15-5-1-7-17-8-2-6-16-17/h2-4,6,8-9H,1,5,7H2,(H,15,19). The molecule has 7 nitrogen and oxygen atoms in total. The third kappa shape index (κ3) is 4.12. The first kappa shape index (κ1) is 15.2. The number of rotatable bonds is 6. The first-order chi connectivity index (χ1) is 10.1. The molecule has 110 valence electrons. The first-order valence-electron chi connectivity index (χ1n) is 6.27. The van der Waals surface area contributed by atoms with Gasteiger partial charge in [0.1, 0.15) is 0 Å². The normalized spacial score (nSPS) is 10.3. The van der Waals surface area contributed by atoms with E-state index in [0.717, 1.165) is 6.42 Å². The minimum absolute atomic E-state index is 0.126. The van der Waals surface area contributed by atoms with Crippen LogP contribution in [0.15, 0.2) is 41.1 Å². The zero-order valence-electron chi connectivity index (χ0n) is 11.0. The van der Waals surface area contributed by atoms with Crippen molar-refractivity contribution in [3.05, 3.63) is 56.8 Å². The quantitative estimate of drug-likeness (QED) is 0.490. The van der Waals surface area contributed by atoms with Crippen LogP contribution >= 0.6 is 15.9 Å². The van der Waals surface area contributed by atoms with Crippen molar-refractivity contribution in [1.29, 1.82) is 0 Å². The SMILES string of the molecule is O=C(NCCCn1cccn1)c1ccc(Br)c([N+](=O)[O-])c1. The Kier molecular flexibility index (Phi) is 5.04. The number of nitro benzene ring substituents is 1. The second kappa shape index (κ2) is 6.98. The predicted octanol–water partition coefficient (Wildman–Crippen LogP) is 2.37. The molecule has 1 heterocycles. The average molecular weight is 353 g/mol. The van der Waals surface area contributed by atoms with Gasteiger partial charge in [0.05, 0.1) is 9.40 Å². The molecule has 0 fully saturated rings. The lowest BCUT2D eigenvalue weighted by atomic mass is 10.2. The Balaban J connectivity index is 1.88. The Hall–Kier alpha value is -2.22. The molecule has 0 bridgehead atoms. The molecule has 1 amide bonds. The summed E-state index contributed by atoms with van der Waals surface area (Å²) in [6.07, 6.45) is 4.27. The van der Waals surface area contributed by atoms with Gasteiger partial charge in [0, 0.05) is 37.1 Å². The monoisotopic (exact) mass is 352 g/mol. The minimum Gasteiger partial charge on any atom is -0.352 e. The van der Waals surface area contributed by atoms with E-state index in [9.17, 15) is 14.9 Å².